The Morgan fingerprint density at radius 3 is 2.70 bits per heavy atom. The molecular weight excluding hydrogens is 380 g/mol. The van der Waals surface area contributed by atoms with Gasteiger partial charge in [-0.25, -0.2) is 9.97 Å². The predicted octanol–water partition coefficient (Wildman–Crippen LogP) is 2.91. The molecule has 0 radical (unpaired) electrons. The Bertz CT molecular complexity index is 1020. The van der Waals surface area contributed by atoms with Gasteiger partial charge in [-0.05, 0) is 57.7 Å². The number of aromatic nitrogens is 2. The molecule has 1 aromatic carbocycles. The van der Waals surface area contributed by atoms with Crippen LogP contribution in [0.1, 0.15) is 50.7 Å². The lowest BCUT2D eigenvalue weighted by atomic mass is 9.70. The fourth-order valence-electron chi connectivity index (χ4n) is 4.36. The van der Waals surface area contributed by atoms with Crippen LogP contribution in [0.2, 0.25) is 0 Å². The van der Waals surface area contributed by atoms with Gasteiger partial charge in [-0.3, -0.25) is 0 Å². The molecule has 1 fully saturated rings. The van der Waals surface area contributed by atoms with Gasteiger partial charge >= 0.3 is 0 Å². The Balaban J connectivity index is 1.78. The summed E-state index contributed by atoms with van der Waals surface area (Å²) in [6.45, 7) is 3.86. The standard InChI is InChI=1S/C22H26N6O2/c1-22(2)18-19(26-12-27-21(18)25)16-8-7-15(30-14-5-3-13(24)4-6-14)11-17(16)20(22)28-29-10-9-23/h7-8,11-14H,3-6,10,24H2,1-2H3,(H2,25,26,27)/b28-20+. The van der Waals surface area contributed by atoms with Crippen LogP contribution < -0.4 is 16.2 Å². The molecule has 2 aromatic rings. The van der Waals surface area contributed by atoms with Crippen LogP contribution in [-0.2, 0) is 10.3 Å². The van der Waals surface area contributed by atoms with Gasteiger partial charge in [0.05, 0.1) is 17.5 Å². The van der Waals surface area contributed by atoms with Crippen LogP contribution >= 0.6 is 0 Å². The SMILES string of the molecule is CC1(C)/C(=N/OCC#N)c2cc(OC3CCC(N)CC3)ccc2-c2ncnc(N)c21. The second kappa shape index (κ2) is 7.92. The largest absolute Gasteiger partial charge is 0.490 e. The predicted molar refractivity (Wildman–Crippen MR) is 114 cm³/mol. The van der Waals surface area contributed by atoms with Crippen molar-refractivity contribution >= 4 is 11.5 Å². The Hall–Kier alpha value is -3.18. The van der Waals surface area contributed by atoms with Gasteiger partial charge in [0.2, 0.25) is 6.61 Å². The van der Waals surface area contributed by atoms with E-state index < -0.39 is 5.41 Å². The van der Waals surface area contributed by atoms with Gasteiger partial charge in [0, 0.05) is 28.1 Å². The highest BCUT2D eigenvalue weighted by atomic mass is 16.6. The van der Waals surface area contributed by atoms with Gasteiger partial charge in [-0.15, -0.1) is 0 Å². The van der Waals surface area contributed by atoms with Gasteiger partial charge in [-0.2, -0.15) is 5.26 Å². The Kier molecular flexibility index (Phi) is 5.31. The van der Waals surface area contributed by atoms with Crippen molar-refractivity contribution in [1.29, 1.82) is 5.26 Å². The average molecular weight is 406 g/mol. The highest BCUT2D eigenvalue weighted by Crippen LogP contribution is 2.45. The van der Waals surface area contributed by atoms with E-state index in [1.807, 2.05) is 38.1 Å². The molecule has 4 N–H and O–H groups in total. The summed E-state index contributed by atoms with van der Waals surface area (Å²) in [5.74, 6) is 1.17. The lowest BCUT2D eigenvalue weighted by Gasteiger charge is -2.35. The van der Waals surface area contributed by atoms with Crippen molar-refractivity contribution in [3.63, 3.8) is 0 Å². The summed E-state index contributed by atoms with van der Waals surface area (Å²) in [5, 5.41) is 13.2. The molecule has 0 spiro atoms. The molecule has 8 heteroatoms. The van der Waals surface area contributed by atoms with Crippen molar-refractivity contribution in [2.45, 2.75) is 57.1 Å². The number of hydrogen-bond donors (Lipinski definition) is 2. The van der Waals surface area contributed by atoms with Crippen LogP contribution in [0.25, 0.3) is 11.3 Å². The summed E-state index contributed by atoms with van der Waals surface area (Å²) < 4.78 is 6.26. The summed E-state index contributed by atoms with van der Waals surface area (Å²) in [4.78, 5) is 13.9. The Morgan fingerprint density at radius 1 is 1.20 bits per heavy atom. The molecule has 0 unspecified atom stereocenters. The second-order valence-corrected chi connectivity index (χ2v) is 8.34. The van der Waals surface area contributed by atoms with Crippen molar-refractivity contribution in [2.24, 2.45) is 10.9 Å². The first-order valence-corrected chi connectivity index (χ1v) is 10.2. The zero-order valence-electron chi connectivity index (χ0n) is 17.3. The summed E-state index contributed by atoms with van der Waals surface area (Å²) in [7, 11) is 0. The molecule has 1 aromatic heterocycles. The maximum Gasteiger partial charge on any atom is 0.202 e. The highest BCUT2D eigenvalue weighted by molar-refractivity contribution is 6.15. The monoisotopic (exact) mass is 406 g/mol. The molecule has 4 rings (SSSR count). The maximum atomic E-state index is 8.85. The maximum absolute atomic E-state index is 8.85. The number of oxime groups is 1. The Labute approximate surface area is 175 Å². The number of nitrogens with two attached hydrogens (primary N) is 2. The minimum atomic E-state index is -0.612. The third-order valence-electron chi connectivity index (χ3n) is 5.90. The number of hydrogen-bond acceptors (Lipinski definition) is 8. The fraction of sp³-hybridized carbons (Fsp3) is 0.455. The van der Waals surface area contributed by atoms with E-state index >= 15 is 0 Å². The van der Waals surface area contributed by atoms with Crippen LogP contribution in [-0.4, -0.2) is 34.4 Å². The average Bonchev–Trinajstić information content (AvgIpc) is 2.72. The molecule has 2 aliphatic carbocycles. The lowest BCUT2D eigenvalue weighted by molar-refractivity contribution is 0.147. The molecule has 30 heavy (non-hydrogen) atoms. The number of ether oxygens (including phenoxy) is 1. The first-order chi connectivity index (χ1) is 14.4. The first-order valence-electron chi connectivity index (χ1n) is 10.2. The fourth-order valence-corrected chi connectivity index (χ4v) is 4.36. The van der Waals surface area contributed by atoms with E-state index in [0.29, 0.717) is 11.5 Å². The molecule has 1 heterocycles. The number of benzene rings is 1. The number of nitrogens with zero attached hydrogens (tertiary/aromatic N) is 4. The zero-order chi connectivity index (χ0) is 21.3. The number of anilines is 1. The molecule has 0 aliphatic heterocycles. The number of nitriles is 1. The summed E-state index contributed by atoms with van der Waals surface area (Å²) in [5.41, 5.74) is 15.6. The molecule has 2 aliphatic rings. The number of nitrogen functional groups attached to an aromatic ring is 1. The normalized spacial score (nSPS) is 23.2. The van der Waals surface area contributed by atoms with Gasteiger partial charge < -0.3 is 21.0 Å². The molecule has 0 saturated heterocycles. The van der Waals surface area contributed by atoms with E-state index in [4.69, 9.17) is 26.3 Å². The number of fused-ring (bicyclic) bond motifs is 3. The quantitative estimate of drug-likeness (QED) is 0.589. The van der Waals surface area contributed by atoms with E-state index in [1.165, 1.54) is 6.33 Å². The van der Waals surface area contributed by atoms with Gasteiger partial charge in [0.1, 0.15) is 24.0 Å². The van der Waals surface area contributed by atoms with Crippen molar-refractivity contribution in [2.75, 3.05) is 12.3 Å². The van der Waals surface area contributed by atoms with Crippen LogP contribution in [0.4, 0.5) is 5.82 Å². The first kappa shape index (κ1) is 20.1. The molecule has 156 valence electrons. The summed E-state index contributed by atoms with van der Waals surface area (Å²) in [6.07, 6.45) is 5.46. The minimum Gasteiger partial charge on any atom is -0.490 e. The minimum absolute atomic E-state index is 0.138. The number of rotatable bonds is 4. The van der Waals surface area contributed by atoms with E-state index in [-0.39, 0.29) is 18.8 Å². The zero-order valence-corrected chi connectivity index (χ0v) is 17.3. The second-order valence-electron chi connectivity index (χ2n) is 8.34. The van der Waals surface area contributed by atoms with Crippen LogP contribution in [0.3, 0.4) is 0 Å². The van der Waals surface area contributed by atoms with Crippen molar-refractivity contribution in [3.8, 4) is 23.1 Å². The molecule has 0 bridgehead atoms. The van der Waals surface area contributed by atoms with E-state index in [2.05, 4.69) is 15.1 Å². The van der Waals surface area contributed by atoms with Crippen LogP contribution in [0.15, 0.2) is 29.7 Å². The molecular formula is C22H26N6O2. The smallest absolute Gasteiger partial charge is 0.202 e. The van der Waals surface area contributed by atoms with E-state index in [0.717, 1.165) is 53.8 Å². The van der Waals surface area contributed by atoms with E-state index in [1.54, 1.807) is 0 Å². The Morgan fingerprint density at radius 2 is 1.97 bits per heavy atom. The van der Waals surface area contributed by atoms with Crippen LogP contribution in [0, 0.1) is 11.3 Å². The summed E-state index contributed by atoms with van der Waals surface area (Å²) >= 11 is 0. The van der Waals surface area contributed by atoms with E-state index in [9.17, 15) is 0 Å². The molecule has 0 atom stereocenters. The molecule has 0 amide bonds. The van der Waals surface area contributed by atoms with Crippen LogP contribution in [0.5, 0.6) is 5.75 Å². The van der Waals surface area contributed by atoms with Gasteiger partial charge in [0.25, 0.3) is 0 Å². The molecule has 1 saturated carbocycles. The third kappa shape index (κ3) is 3.57. The van der Waals surface area contributed by atoms with Gasteiger partial charge in [0.15, 0.2) is 0 Å². The molecule has 8 nitrogen and oxygen atoms in total. The van der Waals surface area contributed by atoms with Crippen molar-refractivity contribution in [3.05, 3.63) is 35.7 Å². The third-order valence-corrected chi connectivity index (χ3v) is 5.90. The highest BCUT2D eigenvalue weighted by Gasteiger charge is 2.41. The topological polar surface area (TPSA) is 132 Å². The van der Waals surface area contributed by atoms with Crippen molar-refractivity contribution in [1.82, 2.24) is 9.97 Å². The summed E-state index contributed by atoms with van der Waals surface area (Å²) in [6, 6.07) is 8.11. The van der Waals surface area contributed by atoms with Crippen molar-refractivity contribution < 1.29 is 9.57 Å². The van der Waals surface area contributed by atoms with Gasteiger partial charge in [-0.1, -0.05) is 5.16 Å². The lowest BCUT2D eigenvalue weighted by Crippen LogP contribution is -2.36.